The molecular formula is C38H47NO2. The van der Waals surface area contributed by atoms with Gasteiger partial charge in [0.15, 0.2) is 0 Å². The fraction of sp³-hybridized carbons (Fsp3) is 0.447. The van der Waals surface area contributed by atoms with Crippen LogP contribution in [0.1, 0.15) is 109 Å². The largest absolute Gasteiger partial charge is 0.494 e. The third kappa shape index (κ3) is 8.99. The van der Waals surface area contributed by atoms with Crippen LogP contribution in [0.5, 0.6) is 5.75 Å². The van der Waals surface area contributed by atoms with E-state index in [4.69, 9.17) is 9.15 Å². The summed E-state index contributed by atoms with van der Waals surface area (Å²) in [7, 11) is 0. The highest BCUT2D eigenvalue weighted by atomic mass is 16.5. The second kappa shape index (κ2) is 16.7. The van der Waals surface area contributed by atoms with Crippen LogP contribution >= 0.6 is 0 Å². The number of fused-ring (bicyclic) bond motifs is 1. The summed E-state index contributed by atoms with van der Waals surface area (Å²) < 4.78 is 12.3. The molecule has 3 nitrogen and oxygen atoms in total. The average Bonchev–Trinajstić information content (AvgIpc) is 3.46. The molecule has 0 aliphatic carbocycles. The number of nitriles is 1. The Labute approximate surface area is 247 Å². The van der Waals surface area contributed by atoms with Crippen molar-refractivity contribution in [1.82, 2.24) is 0 Å². The predicted molar refractivity (Wildman–Crippen MR) is 172 cm³/mol. The summed E-state index contributed by atoms with van der Waals surface area (Å²) in [5.41, 5.74) is 5.31. The van der Waals surface area contributed by atoms with Crippen LogP contribution < -0.4 is 4.74 Å². The van der Waals surface area contributed by atoms with Crippen LogP contribution in [0.15, 0.2) is 77.2 Å². The van der Waals surface area contributed by atoms with Crippen molar-refractivity contribution in [1.29, 1.82) is 5.26 Å². The van der Waals surface area contributed by atoms with Gasteiger partial charge < -0.3 is 9.15 Å². The van der Waals surface area contributed by atoms with E-state index in [9.17, 15) is 5.26 Å². The second-order valence-electron chi connectivity index (χ2n) is 11.3. The fourth-order valence-electron chi connectivity index (χ4n) is 5.57. The van der Waals surface area contributed by atoms with Crippen molar-refractivity contribution in [3.05, 3.63) is 78.4 Å². The van der Waals surface area contributed by atoms with Gasteiger partial charge in [-0.25, -0.2) is 0 Å². The summed E-state index contributed by atoms with van der Waals surface area (Å²) >= 11 is 0. The zero-order valence-electron chi connectivity index (χ0n) is 25.2. The number of benzene rings is 3. The lowest BCUT2D eigenvalue weighted by atomic mass is 9.93. The summed E-state index contributed by atoms with van der Waals surface area (Å²) in [6.07, 6.45) is 16.0. The summed E-state index contributed by atoms with van der Waals surface area (Å²) in [6.45, 7) is 5.27. The first kappa shape index (κ1) is 30.4. The zero-order valence-corrected chi connectivity index (χ0v) is 25.2. The van der Waals surface area contributed by atoms with Gasteiger partial charge in [0.05, 0.1) is 18.6 Å². The Balaban J connectivity index is 1.37. The quantitative estimate of drug-likeness (QED) is 0.116. The maximum atomic E-state index is 9.77. The molecule has 0 fully saturated rings. The highest BCUT2D eigenvalue weighted by Gasteiger charge is 2.14. The minimum absolute atomic E-state index is 0.0461. The number of hydrogen-bond donors (Lipinski definition) is 0. The molecule has 0 aliphatic rings. The molecule has 1 aromatic heterocycles. The normalized spacial score (nSPS) is 11.9. The third-order valence-corrected chi connectivity index (χ3v) is 8.09. The van der Waals surface area contributed by atoms with E-state index in [1.165, 1.54) is 64.2 Å². The molecule has 3 heteroatoms. The molecule has 4 aromatic rings. The van der Waals surface area contributed by atoms with Gasteiger partial charge >= 0.3 is 0 Å². The van der Waals surface area contributed by atoms with E-state index < -0.39 is 0 Å². The predicted octanol–water partition coefficient (Wildman–Crippen LogP) is 11.9. The minimum atomic E-state index is -0.0461. The Kier molecular flexibility index (Phi) is 12.4. The molecule has 3 aromatic carbocycles. The third-order valence-electron chi connectivity index (χ3n) is 8.09. The van der Waals surface area contributed by atoms with E-state index in [1.54, 1.807) is 0 Å². The Morgan fingerprint density at radius 3 is 2.02 bits per heavy atom. The maximum absolute atomic E-state index is 9.77. The highest BCUT2D eigenvalue weighted by molar-refractivity contribution is 5.96. The standard InChI is InChI=1S/C38H47NO2/c1-3-5-7-9-11-13-16-33(29-39)30-19-21-32(22-20-30)38-28-36-35(17-15-18-37(36)41-38)31-23-25-34(26-24-31)40-27-14-12-10-8-6-4-2/h15,17-26,28,33H,3-14,16,27H2,1-2H3. The zero-order chi connectivity index (χ0) is 28.7. The van der Waals surface area contributed by atoms with Gasteiger partial charge in [0.25, 0.3) is 0 Å². The SMILES string of the molecule is CCCCCCCCOc1ccc(-c2cccc3oc(-c4ccc(C(C#N)CCCCCCCC)cc4)cc23)cc1. The molecule has 0 bridgehead atoms. The Morgan fingerprint density at radius 1 is 0.707 bits per heavy atom. The number of unbranched alkanes of at least 4 members (excludes halogenated alkanes) is 10. The minimum Gasteiger partial charge on any atom is -0.494 e. The molecule has 0 amide bonds. The monoisotopic (exact) mass is 549 g/mol. The molecular weight excluding hydrogens is 502 g/mol. The number of rotatable bonds is 18. The van der Waals surface area contributed by atoms with E-state index in [1.807, 2.05) is 6.07 Å². The molecule has 0 N–H and O–H groups in total. The maximum Gasteiger partial charge on any atom is 0.135 e. The Morgan fingerprint density at radius 2 is 1.34 bits per heavy atom. The lowest BCUT2D eigenvalue weighted by molar-refractivity contribution is 0.304. The molecule has 1 atom stereocenters. The molecule has 0 spiro atoms. The van der Waals surface area contributed by atoms with Crippen molar-refractivity contribution in [3.63, 3.8) is 0 Å². The molecule has 0 aliphatic heterocycles. The van der Waals surface area contributed by atoms with Crippen molar-refractivity contribution in [2.75, 3.05) is 6.61 Å². The first-order chi connectivity index (χ1) is 20.2. The first-order valence-electron chi connectivity index (χ1n) is 16.0. The van der Waals surface area contributed by atoms with Crippen LogP contribution in [0.25, 0.3) is 33.4 Å². The molecule has 41 heavy (non-hydrogen) atoms. The molecule has 4 rings (SSSR count). The van der Waals surface area contributed by atoms with Crippen molar-refractivity contribution in [2.45, 2.75) is 103 Å². The van der Waals surface area contributed by atoms with Gasteiger partial charge in [-0.2, -0.15) is 5.26 Å². The number of hydrogen-bond acceptors (Lipinski definition) is 3. The summed E-state index contributed by atoms with van der Waals surface area (Å²) in [5, 5.41) is 10.9. The number of nitrogens with zero attached hydrogens (tertiary/aromatic N) is 1. The fourth-order valence-corrected chi connectivity index (χ4v) is 5.57. The Hall–Kier alpha value is -3.51. The number of ether oxygens (including phenoxy) is 1. The van der Waals surface area contributed by atoms with Gasteiger partial charge in [0.2, 0.25) is 0 Å². The van der Waals surface area contributed by atoms with Crippen LogP contribution in [0.4, 0.5) is 0 Å². The van der Waals surface area contributed by atoms with Gasteiger partial charge in [-0.3, -0.25) is 0 Å². The van der Waals surface area contributed by atoms with E-state index >= 15 is 0 Å². The van der Waals surface area contributed by atoms with Crippen LogP contribution in [0.2, 0.25) is 0 Å². The molecule has 0 saturated heterocycles. The summed E-state index contributed by atoms with van der Waals surface area (Å²) in [5.74, 6) is 1.73. The lowest BCUT2D eigenvalue weighted by Crippen LogP contribution is -1.97. The van der Waals surface area contributed by atoms with Crippen molar-refractivity contribution in [3.8, 4) is 34.3 Å². The first-order valence-corrected chi connectivity index (χ1v) is 16.0. The lowest BCUT2D eigenvalue weighted by Gasteiger charge is -2.10. The second-order valence-corrected chi connectivity index (χ2v) is 11.3. The van der Waals surface area contributed by atoms with Crippen LogP contribution in [0.3, 0.4) is 0 Å². The van der Waals surface area contributed by atoms with Crippen LogP contribution in [-0.2, 0) is 0 Å². The summed E-state index contributed by atoms with van der Waals surface area (Å²) in [4.78, 5) is 0. The highest BCUT2D eigenvalue weighted by Crippen LogP contribution is 2.36. The van der Waals surface area contributed by atoms with Crippen LogP contribution in [-0.4, -0.2) is 6.61 Å². The van der Waals surface area contributed by atoms with Crippen LogP contribution in [0, 0.1) is 11.3 Å². The number of furan rings is 1. The van der Waals surface area contributed by atoms with Gasteiger partial charge in [-0.15, -0.1) is 0 Å². The average molecular weight is 550 g/mol. The van der Waals surface area contributed by atoms with Crippen molar-refractivity contribution >= 4 is 11.0 Å². The van der Waals surface area contributed by atoms with Crippen molar-refractivity contribution in [2.24, 2.45) is 0 Å². The molecule has 0 saturated carbocycles. The summed E-state index contributed by atoms with van der Waals surface area (Å²) in [6, 6.07) is 27.7. The molecule has 1 unspecified atom stereocenters. The van der Waals surface area contributed by atoms with E-state index in [0.717, 1.165) is 70.6 Å². The van der Waals surface area contributed by atoms with Gasteiger partial charge in [0.1, 0.15) is 17.1 Å². The van der Waals surface area contributed by atoms with E-state index in [2.05, 4.69) is 86.6 Å². The van der Waals surface area contributed by atoms with Gasteiger partial charge in [0, 0.05) is 10.9 Å². The molecule has 0 radical (unpaired) electrons. The van der Waals surface area contributed by atoms with E-state index in [-0.39, 0.29) is 5.92 Å². The van der Waals surface area contributed by atoms with E-state index in [0.29, 0.717) is 0 Å². The topological polar surface area (TPSA) is 46.2 Å². The van der Waals surface area contributed by atoms with Crippen molar-refractivity contribution < 1.29 is 9.15 Å². The van der Waals surface area contributed by atoms with Gasteiger partial charge in [-0.1, -0.05) is 133 Å². The smallest absolute Gasteiger partial charge is 0.135 e. The Bertz CT molecular complexity index is 1340. The molecule has 216 valence electrons. The van der Waals surface area contributed by atoms with Gasteiger partial charge in [-0.05, 0) is 53.8 Å². The molecule has 1 heterocycles.